The van der Waals surface area contributed by atoms with E-state index in [9.17, 15) is 0 Å². The van der Waals surface area contributed by atoms with Gasteiger partial charge in [-0.2, -0.15) is 0 Å². The zero-order chi connectivity index (χ0) is 34.9. The molecule has 0 aliphatic heterocycles. The van der Waals surface area contributed by atoms with Crippen LogP contribution in [0.2, 0.25) is 0 Å². The highest BCUT2D eigenvalue weighted by Crippen LogP contribution is 2.44. The second kappa shape index (κ2) is 11.9. The lowest BCUT2D eigenvalue weighted by Crippen LogP contribution is -2.10. The summed E-state index contributed by atoms with van der Waals surface area (Å²) in [7, 11) is 0. The van der Waals surface area contributed by atoms with Gasteiger partial charge in [0.1, 0.15) is 0 Å². The van der Waals surface area contributed by atoms with Crippen LogP contribution in [0.1, 0.15) is 0 Å². The van der Waals surface area contributed by atoms with Gasteiger partial charge in [-0.25, -0.2) is 0 Å². The van der Waals surface area contributed by atoms with Gasteiger partial charge in [-0.05, 0) is 112 Å². The molecule has 0 bridgehead atoms. The number of hydrogen-bond acceptors (Lipinski definition) is 2. The van der Waals surface area contributed by atoms with E-state index >= 15 is 0 Å². The molecule has 0 saturated carbocycles. The van der Waals surface area contributed by atoms with Gasteiger partial charge in [-0.1, -0.05) is 115 Å². The maximum atomic E-state index is 2.44. The quantitative estimate of drug-likeness (QED) is 0.174. The van der Waals surface area contributed by atoms with Gasteiger partial charge >= 0.3 is 0 Å². The van der Waals surface area contributed by atoms with Gasteiger partial charge in [0, 0.05) is 53.7 Å². The Hall–Kier alpha value is -6.68. The smallest absolute Gasteiger partial charge is 0.0547 e. The number of aromatic nitrogens is 1. The number of para-hydroxylation sites is 1. The second-order valence-electron chi connectivity index (χ2n) is 13.8. The molecule has 0 radical (unpaired) electrons. The summed E-state index contributed by atoms with van der Waals surface area (Å²) in [5.74, 6) is 0. The van der Waals surface area contributed by atoms with E-state index in [2.05, 4.69) is 204 Å². The molecule has 0 N–H and O–H groups in total. The van der Waals surface area contributed by atoms with Gasteiger partial charge in [0.05, 0.1) is 11.0 Å². The fourth-order valence-electron chi connectivity index (χ4n) is 8.24. The predicted octanol–water partition coefficient (Wildman–Crippen LogP) is 14.6. The van der Waals surface area contributed by atoms with Gasteiger partial charge in [0.2, 0.25) is 0 Å². The number of rotatable bonds is 5. The van der Waals surface area contributed by atoms with E-state index in [1.54, 1.807) is 0 Å². The van der Waals surface area contributed by atoms with Crippen molar-refractivity contribution in [3.63, 3.8) is 0 Å². The van der Waals surface area contributed by atoms with Gasteiger partial charge < -0.3 is 9.47 Å². The van der Waals surface area contributed by atoms with Gasteiger partial charge in [0.25, 0.3) is 0 Å². The van der Waals surface area contributed by atoms with Crippen molar-refractivity contribution in [2.75, 3.05) is 4.90 Å². The first-order valence-electron chi connectivity index (χ1n) is 18.1. The number of thiophene rings is 1. The lowest BCUT2D eigenvalue weighted by Gasteiger charge is -2.26. The summed E-state index contributed by atoms with van der Waals surface area (Å²) in [6.07, 6.45) is 0. The maximum Gasteiger partial charge on any atom is 0.0547 e. The molecule has 0 fully saturated rings. The minimum atomic E-state index is 1.11. The standard InChI is InChI=1S/C50H32N2S/c1-3-11-33(12-4-1)35-19-23-39(24-20-35)51(40-25-21-34-13-7-8-14-36(34)29-40)41-26-27-46-45(31-41)44-30-37-22-28-49-50(42-17-9-10-18-48(42)53-49)43(37)32-47(44)52(46)38-15-5-2-6-16-38/h1-32H. The van der Waals surface area contributed by atoms with Gasteiger partial charge in [0.15, 0.2) is 0 Å². The lowest BCUT2D eigenvalue weighted by molar-refractivity contribution is 1.18. The normalized spacial score (nSPS) is 11.8. The van der Waals surface area contributed by atoms with Crippen molar-refractivity contribution in [2.45, 2.75) is 0 Å². The average Bonchev–Trinajstić information content (AvgIpc) is 3.76. The molecule has 11 rings (SSSR count). The molecule has 3 heteroatoms. The summed E-state index contributed by atoms with van der Waals surface area (Å²) in [6, 6.07) is 71.0. The molecule has 0 unspecified atom stereocenters. The van der Waals surface area contributed by atoms with Crippen LogP contribution in [-0.2, 0) is 0 Å². The number of nitrogens with zero attached hydrogens (tertiary/aromatic N) is 2. The number of fused-ring (bicyclic) bond motifs is 9. The van der Waals surface area contributed by atoms with Crippen molar-refractivity contribution in [1.29, 1.82) is 0 Å². The first-order chi connectivity index (χ1) is 26.3. The van der Waals surface area contributed by atoms with Crippen LogP contribution in [0, 0.1) is 0 Å². The summed E-state index contributed by atoms with van der Waals surface area (Å²) in [5, 5.41) is 10.1. The zero-order valence-corrected chi connectivity index (χ0v) is 29.6. The number of hydrogen-bond donors (Lipinski definition) is 0. The van der Waals surface area contributed by atoms with Crippen molar-refractivity contribution in [2.24, 2.45) is 0 Å². The van der Waals surface area contributed by atoms with Gasteiger partial charge in [-0.15, -0.1) is 11.3 Å². The predicted molar refractivity (Wildman–Crippen MR) is 229 cm³/mol. The molecule has 11 aromatic rings. The third-order valence-corrected chi connectivity index (χ3v) is 11.9. The molecular formula is C50H32N2S. The highest BCUT2D eigenvalue weighted by atomic mass is 32.1. The zero-order valence-electron chi connectivity index (χ0n) is 28.8. The minimum Gasteiger partial charge on any atom is -0.310 e. The molecule has 248 valence electrons. The molecular weight excluding hydrogens is 661 g/mol. The molecule has 0 aliphatic rings. The fraction of sp³-hybridized carbons (Fsp3) is 0. The summed E-state index contributed by atoms with van der Waals surface area (Å²) in [4.78, 5) is 2.40. The fourth-order valence-corrected chi connectivity index (χ4v) is 9.36. The molecule has 0 aliphatic carbocycles. The minimum absolute atomic E-state index is 1.11. The van der Waals surface area contributed by atoms with Crippen LogP contribution in [0.4, 0.5) is 17.1 Å². The first-order valence-corrected chi connectivity index (χ1v) is 18.9. The molecule has 0 saturated heterocycles. The molecule has 0 spiro atoms. The lowest BCUT2D eigenvalue weighted by atomic mass is 10.0. The van der Waals surface area contributed by atoms with Crippen molar-refractivity contribution in [3.05, 3.63) is 194 Å². The monoisotopic (exact) mass is 692 g/mol. The molecule has 2 aromatic heterocycles. The van der Waals surface area contributed by atoms with E-state index in [0.717, 1.165) is 22.7 Å². The van der Waals surface area contributed by atoms with Crippen molar-refractivity contribution >= 4 is 91.9 Å². The Morgan fingerprint density at radius 2 is 1.00 bits per heavy atom. The van der Waals surface area contributed by atoms with E-state index in [1.165, 1.54) is 74.6 Å². The van der Waals surface area contributed by atoms with E-state index in [1.807, 2.05) is 11.3 Å². The van der Waals surface area contributed by atoms with E-state index < -0.39 is 0 Å². The van der Waals surface area contributed by atoms with Crippen LogP contribution >= 0.6 is 11.3 Å². The van der Waals surface area contributed by atoms with E-state index in [4.69, 9.17) is 0 Å². The van der Waals surface area contributed by atoms with Crippen molar-refractivity contribution < 1.29 is 0 Å². The van der Waals surface area contributed by atoms with Crippen LogP contribution in [0.15, 0.2) is 194 Å². The Bertz CT molecular complexity index is 3160. The molecule has 2 heterocycles. The van der Waals surface area contributed by atoms with Crippen LogP contribution < -0.4 is 4.90 Å². The topological polar surface area (TPSA) is 8.17 Å². The Kier molecular flexibility index (Phi) is 6.76. The molecule has 2 nitrogen and oxygen atoms in total. The Labute approximate surface area is 311 Å². The van der Waals surface area contributed by atoms with Crippen LogP contribution in [0.3, 0.4) is 0 Å². The molecule has 0 amide bonds. The van der Waals surface area contributed by atoms with Crippen LogP contribution in [0.5, 0.6) is 0 Å². The summed E-state index contributed by atoms with van der Waals surface area (Å²) in [6.45, 7) is 0. The number of anilines is 3. The first kappa shape index (κ1) is 30.0. The SMILES string of the molecule is c1ccc(-c2ccc(N(c3ccc4ccccc4c3)c3ccc4c(c3)c3cc5ccc6sc7ccccc7c6c5cc3n4-c3ccccc3)cc2)cc1. The largest absolute Gasteiger partial charge is 0.310 e. The van der Waals surface area contributed by atoms with E-state index in [0.29, 0.717) is 0 Å². The van der Waals surface area contributed by atoms with Crippen molar-refractivity contribution in [1.82, 2.24) is 4.57 Å². The van der Waals surface area contributed by atoms with E-state index in [-0.39, 0.29) is 0 Å². The third-order valence-electron chi connectivity index (χ3n) is 10.7. The average molecular weight is 693 g/mol. The Morgan fingerprint density at radius 1 is 0.358 bits per heavy atom. The maximum absolute atomic E-state index is 2.44. The molecule has 9 aromatic carbocycles. The van der Waals surface area contributed by atoms with Crippen molar-refractivity contribution in [3.8, 4) is 16.8 Å². The molecule has 0 atom stereocenters. The Morgan fingerprint density at radius 3 is 1.85 bits per heavy atom. The second-order valence-corrected chi connectivity index (χ2v) is 14.9. The number of benzene rings is 9. The highest BCUT2D eigenvalue weighted by molar-refractivity contribution is 7.26. The molecule has 53 heavy (non-hydrogen) atoms. The summed E-state index contributed by atoms with van der Waals surface area (Å²) >= 11 is 1.88. The van der Waals surface area contributed by atoms with Gasteiger partial charge in [-0.3, -0.25) is 0 Å². The summed E-state index contributed by atoms with van der Waals surface area (Å²) < 4.78 is 5.09. The van der Waals surface area contributed by atoms with Crippen LogP contribution in [-0.4, -0.2) is 4.57 Å². The summed E-state index contributed by atoms with van der Waals surface area (Å²) in [5.41, 5.74) is 9.33. The van der Waals surface area contributed by atoms with Crippen LogP contribution in [0.25, 0.3) is 80.3 Å². The third kappa shape index (κ3) is 4.86. The Balaban J connectivity index is 1.17. The highest BCUT2D eigenvalue weighted by Gasteiger charge is 2.20.